The Kier molecular flexibility index (Phi) is 2.36. The lowest BCUT2D eigenvalue weighted by atomic mass is 9.90. The quantitative estimate of drug-likeness (QED) is 0.686. The lowest BCUT2D eigenvalue weighted by Gasteiger charge is -2.25. The number of rotatable bonds is 1. The second-order valence-electron chi connectivity index (χ2n) is 4.64. The van der Waals surface area contributed by atoms with E-state index in [-0.39, 0.29) is 0 Å². The third-order valence-corrected chi connectivity index (χ3v) is 3.32. The molecular formula is C15H14O2. The zero-order valence-electron chi connectivity index (χ0n) is 9.82. The minimum Gasteiger partial charge on any atom is -0.456 e. The molecule has 1 heterocycles. The number of carbonyl (C=O) groups excluding carboxylic acids is 1. The maximum absolute atomic E-state index is 11.0. The monoisotopic (exact) mass is 226 g/mol. The van der Waals surface area contributed by atoms with Crippen molar-refractivity contribution in [1.29, 1.82) is 0 Å². The summed E-state index contributed by atoms with van der Waals surface area (Å²) in [6.07, 6.45) is 5.96. The van der Waals surface area contributed by atoms with Gasteiger partial charge in [-0.05, 0) is 50.0 Å². The molecule has 1 aromatic carbocycles. The van der Waals surface area contributed by atoms with Gasteiger partial charge in [0.05, 0.1) is 0 Å². The SMILES string of the molecule is Cc1ccc2c(c1)C=C1CCCC(C=O)=C1O2. The van der Waals surface area contributed by atoms with Crippen LogP contribution < -0.4 is 4.74 Å². The molecule has 0 unspecified atom stereocenters. The fraction of sp³-hybridized carbons (Fsp3) is 0.267. The first-order chi connectivity index (χ1) is 8.28. The van der Waals surface area contributed by atoms with Gasteiger partial charge in [-0.1, -0.05) is 11.6 Å². The van der Waals surface area contributed by atoms with Gasteiger partial charge < -0.3 is 4.74 Å². The average Bonchev–Trinajstić information content (AvgIpc) is 2.35. The molecule has 0 fully saturated rings. The third kappa shape index (κ3) is 1.70. The van der Waals surface area contributed by atoms with Gasteiger partial charge in [-0.3, -0.25) is 4.79 Å². The Hall–Kier alpha value is -1.83. The molecule has 3 rings (SSSR count). The van der Waals surface area contributed by atoms with Gasteiger partial charge in [0.2, 0.25) is 0 Å². The predicted molar refractivity (Wildman–Crippen MR) is 66.7 cm³/mol. The summed E-state index contributed by atoms with van der Waals surface area (Å²) in [6, 6.07) is 6.12. The van der Waals surface area contributed by atoms with Gasteiger partial charge in [-0.2, -0.15) is 0 Å². The van der Waals surface area contributed by atoms with Gasteiger partial charge in [0.25, 0.3) is 0 Å². The lowest BCUT2D eigenvalue weighted by Crippen LogP contribution is -2.13. The third-order valence-electron chi connectivity index (χ3n) is 3.32. The molecule has 1 aromatic rings. The number of hydrogen-bond acceptors (Lipinski definition) is 2. The highest BCUT2D eigenvalue weighted by atomic mass is 16.5. The van der Waals surface area contributed by atoms with Crippen LogP contribution in [0.5, 0.6) is 5.75 Å². The molecule has 1 aliphatic heterocycles. The first kappa shape index (κ1) is 10.3. The van der Waals surface area contributed by atoms with Gasteiger partial charge >= 0.3 is 0 Å². The first-order valence-electron chi connectivity index (χ1n) is 5.96. The van der Waals surface area contributed by atoms with Gasteiger partial charge in [-0.15, -0.1) is 0 Å². The molecular weight excluding hydrogens is 212 g/mol. The van der Waals surface area contributed by atoms with E-state index < -0.39 is 0 Å². The number of hydrogen-bond donors (Lipinski definition) is 0. The second-order valence-corrected chi connectivity index (χ2v) is 4.64. The van der Waals surface area contributed by atoms with Crippen molar-refractivity contribution in [3.63, 3.8) is 0 Å². The Balaban J connectivity index is 2.15. The molecule has 0 amide bonds. The molecule has 0 N–H and O–H groups in total. The smallest absolute Gasteiger partial charge is 0.149 e. The lowest BCUT2D eigenvalue weighted by molar-refractivity contribution is -0.105. The molecule has 17 heavy (non-hydrogen) atoms. The molecule has 0 radical (unpaired) electrons. The Morgan fingerprint density at radius 1 is 1.29 bits per heavy atom. The summed E-state index contributed by atoms with van der Waals surface area (Å²) in [5.41, 5.74) is 4.31. The minimum absolute atomic E-state index is 0.794. The van der Waals surface area contributed by atoms with Crippen molar-refractivity contribution >= 4 is 12.4 Å². The van der Waals surface area contributed by atoms with Crippen molar-refractivity contribution in [1.82, 2.24) is 0 Å². The zero-order chi connectivity index (χ0) is 11.8. The summed E-state index contributed by atoms with van der Waals surface area (Å²) < 4.78 is 5.87. The van der Waals surface area contributed by atoms with Crippen molar-refractivity contribution < 1.29 is 9.53 Å². The van der Waals surface area contributed by atoms with Crippen LogP contribution in [0.15, 0.2) is 35.1 Å². The Morgan fingerprint density at radius 3 is 3.00 bits per heavy atom. The highest BCUT2D eigenvalue weighted by Gasteiger charge is 2.23. The van der Waals surface area contributed by atoms with Crippen molar-refractivity contribution in [3.8, 4) is 5.75 Å². The number of carbonyl (C=O) groups is 1. The maximum atomic E-state index is 11.0. The van der Waals surface area contributed by atoms with E-state index in [0.29, 0.717) is 0 Å². The second kappa shape index (κ2) is 3.88. The van der Waals surface area contributed by atoms with Gasteiger partial charge in [0.1, 0.15) is 17.8 Å². The minimum atomic E-state index is 0.794. The van der Waals surface area contributed by atoms with E-state index >= 15 is 0 Å². The summed E-state index contributed by atoms with van der Waals surface area (Å²) in [6.45, 7) is 2.07. The summed E-state index contributed by atoms with van der Waals surface area (Å²) >= 11 is 0. The van der Waals surface area contributed by atoms with Crippen LogP contribution in [0.3, 0.4) is 0 Å². The molecule has 0 aromatic heterocycles. The molecule has 0 bridgehead atoms. The van der Waals surface area contributed by atoms with Gasteiger partial charge in [-0.25, -0.2) is 0 Å². The first-order valence-corrected chi connectivity index (χ1v) is 5.96. The number of benzene rings is 1. The van der Waals surface area contributed by atoms with Crippen molar-refractivity contribution in [2.75, 3.05) is 0 Å². The molecule has 2 nitrogen and oxygen atoms in total. The van der Waals surface area contributed by atoms with Crippen LogP contribution in [0.2, 0.25) is 0 Å². The van der Waals surface area contributed by atoms with E-state index in [1.807, 2.05) is 12.1 Å². The predicted octanol–water partition coefficient (Wildman–Crippen LogP) is 3.41. The summed E-state index contributed by atoms with van der Waals surface area (Å²) in [5, 5.41) is 0. The van der Waals surface area contributed by atoms with Crippen LogP contribution in [0.25, 0.3) is 6.08 Å². The molecule has 2 heteroatoms. The maximum Gasteiger partial charge on any atom is 0.149 e. The number of aryl methyl sites for hydroxylation is 1. The van der Waals surface area contributed by atoms with E-state index in [9.17, 15) is 4.79 Å². The molecule has 2 aliphatic rings. The largest absolute Gasteiger partial charge is 0.456 e. The summed E-state index contributed by atoms with van der Waals surface area (Å²) in [5.74, 6) is 1.65. The van der Waals surface area contributed by atoms with E-state index in [2.05, 4.69) is 19.1 Å². The molecule has 0 atom stereocenters. The molecule has 86 valence electrons. The zero-order valence-corrected chi connectivity index (χ0v) is 9.82. The van der Waals surface area contributed by atoms with E-state index in [4.69, 9.17) is 4.74 Å². The van der Waals surface area contributed by atoms with Crippen molar-refractivity contribution in [2.45, 2.75) is 26.2 Å². The standard InChI is InChI=1S/C15H14O2/c1-10-5-6-14-13(7-10)8-11-3-2-4-12(9-16)15(11)17-14/h5-9H,2-4H2,1H3. The number of ether oxygens (including phenoxy) is 1. The topological polar surface area (TPSA) is 26.3 Å². The molecule has 0 saturated carbocycles. The molecule has 1 aliphatic carbocycles. The Labute approximate surface area is 101 Å². The van der Waals surface area contributed by atoms with Crippen LogP contribution in [0, 0.1) is 6.92 Å². The average molecular weight is 226 g/mol. The van der Waals surface area contributed by atoms with E-state index in [1.54, 1.807) is 0 Å². The van der Waals surface area contributed by atoms with Crippen LogP contribution in [0.4, 0.5) is 0 Å². The number of allylic oxidation sites excluding steroid dienone is 2. The van der Waals surface area contributed by atoms with Crippen LogP contribution in [0.1, 0.15) is 30.4 Å². The number of fused-ring (bicyclic) bond motifs is 2. The van der Waals surface area contributed by atoms with E-state index in [1.165, 1.54) is 5.56 Å². The van der Waals surface area contributed by atoms with Crippen LogP contribution in [-0.4, -0.2) is 6.29 Å². The highest BCUT2D eigenvalue weighted by Crippen LogP contribution is 2.38. The molecule has 0 spiro atoms. The fourth-order valence-corrected chi connectivity index (χ4v) is 2.46. The van der Waals surface area contributed by atoms with Crippen LogP contribution in [-0.2, 0) is 4.79 Å². The normalized spacial score (nSPS) is 17.8. The fourth-order valence-electron chi connectivity index (χ4n) is 2.46. The molecule has 0 saturated heterocycles. The summed E-state index contributed by atoms with van der Waals surface area (Å²) in [7, 11) is 0. The van der Waals surface area contributed by atoms with Crippen molar-refractivity contribution in [2.24, 2.45) is 0 Å². The Bertz CT molecular complexity index is 550. The highest BCUT2D eigenvalue weighted by molar-refractivity contribution is 5.79. The number of aldehydes is 1. The van der Waals surface area contributed by atoms with Gasteiger partial charge in [0.15, 0.2) is 0 Å². The van der Waals surface area contributed by atoms with Crippen LogP contribution >= 0.6 is 0 Å². The van der Waals surface area contributed by atoms with E-state index in [0.717, 1.165) is 53.8 Å². The summed E-state index contributed by atoms with van der Waals surface area (Å²) in [4.78, 5) is 11.0. The van der Waals surface area contributed by atoms with Crippen molar-refractivity contribution in [3.05, 3.63) is 46.2 Å². The van der Waals surface area contributed by atoms with Gasteiger partial charge in [0, 0.05) is 11.1 Å². The Morgan fingerprint density at radius 2 is 2.18 bits per heavy atom.